The van der Waals surface area contributed by atoms with Crippen LogP contribution in [-0.2, 0) is 0 Å². The lowest BCUT2D eigenvalue weighted by Crippen LogP contribution is -1.78. The van der Waals surface area contributed by atoms with Gasteiger partial charge in [0.15, 0.2) is 0 Å². The first kappa shape index (κ1) is 14.7. The van der Waals surface area contributed by atoms with Crippen molar-refractivity contribution < 1.29 is 0 Å². The summed E-state index contributed by atoms with van der Waals surface area (Å²) in [6, 6.07) is 0. The highest BCUT2D eigenvalue weighted by Crippen LogP contribution is 2.08. The van der Waals surface area contributed by atoms with E-state index in [4.69, 9.17) is 0 Å². The van der Waals surface area contributed by atoms with Crippen molar-refractivity contribution in [2.45, 2.75) is 77.6 Å². The van der Waals surface area contributed by atoms with Crippen LogP contribution in [0.1, 0.15) is 77.6 Å². The fourth-order valence-electron chi connectivity index (χ4n) is 1.72. The molecule has 0 amide bonds. The summed E-state index contributed by atoms with van der Waals surface area (Å²) in [5.41, 5.74) is 0. The van der Waals surface area contributed by atoms with E-state index in [0.29, 0.717) is 0 Å². The van der Waals surface area contributed by atoms with Crippen molar-refractivity contribution >= 4 is 0 Å². The number of allylic oxidation sites excluding steroid dienone is 2. The number of rotatable bonds is 11. The molecule has 0 heterocycles. The fraction of sp³-hybridized carbons (Fsp3) is 0.800. The SMILES string of the molecule is [CH2-]CCC/C=C/CCCCCCCCC. The summed E-state index contributed by atoms with van der Waals surface area (Å²) >= 11 is 0. The zero-order valence-corrected chi connectivity index (χ0v) is 10.6. The highest BCUT2D eigenvalue weighted by molar-refractivity contribution is 4.81. The molecule has 0 nitrogen and oxygen atoms in total. The quantitative estimate of drug-likeness (QED) is 0.233. The topological polar surface area (TPSA) is 0 Å². The molecule has 0 radical (unpaired) electrons. The minimum atomic E-state index is 1.07. The lowest BCUT2D eigenvalue weighted by atomic mass is 10.1. The summed E-state index contributed by atoms with van der Waals surface area (Å²) in [5, 5.41) is 0. The monoisotopic (exact) mass is 209 g/mol. The Hall–Kier alpha value is -0.260. The molecule has 0 aliphatic rings. The molecule has 0 aromatic carbocycles. The van der Waals surface area contributed by atoms with Gasteiger partial charge in [-0.1, -0.05) is 64.0 Å². The van der Waals surface area contributed by atoms with Crippen LogP contribution in [0, 0.1) is 6.92 Å². The van der Waals surface area contributed by atoms with E-state index < -0.39 is 0 Å². The van der Waals surface area contributed by atoms with Crippen molar-refractivity contribution in [2.75, 3.05) is 0 Å². The Kier molecular flexibility index (Phi) is 13.5. The van der Waals surface area contributed by atoms with Crippen LogP contribution in [0.2, 0.25) is 0 Å². The molecule has 0 bridgehead atoms. The van der Waals surface area contributed by atoms with Gasteiger partial charge in [0.2, 0.25) is 0 Å². The summed E-state index contributed by atoms with van der Waals surface area (Å²) in [5.74, 6) is 0. The molecule has 0 fully saturated rings. The number of unbranched alkanes of at least 4 members (excludes halogenated alkanes) is 9. The maximum atomic E-state index is 3.83. The van der Waals surface area contributed by atoms with Crippen LogP contribution in [-0.4, -0.2) is 0 Å². The molecule has 0 N–H and O–H groups in total. The Bertz CT molecular complexity index is 124. The third kappa shape index (κ3) is 13.7. The van der Waals surface area contributed by atoms with Crippen LogP contribution in [0.25, 0.3) is 0 Å². The van der Waals surface area contributed by atoms with E-state index in [1.807, 2.05) is 0 Å². The van der Waals surface area contributed by atoms with Gasteiger partial charge in [-0.3, -0.25) is 0 Å². The molecule has 0 unspecified atom stereocenters. The molecule has 0 aromatic heterocycles. The predicted molar refractivity (Wildman–Crippen MR) is 71.0 cm³/mol. The van der Waals surface area contributed by atoms with Crippen molar-refractivity contribution in [3.63, 3.8) is 0 Å². The van der Waals surface area contributed by atoms with Gasteiger partial charge in [-0.15, -0.1) is 0 Å². The predicted octanol–water partition coefficient (Wildman–Crippen LogP) is 5.69. The van der Waals surface area contributed by atoms with Gasteiger partial charge in [-0.2, -0.15) is 6.42 Å². The Morgan fingerprint density at radius 3 is 1.87 bits per heavy atom. The molecule has 0 heteroatoms. The molecule has 0 atom stereocenters. The van der Waals surface area contributed by atoms with E-state index >= 15 is 0 Å². The second-order valence-electron chi connectivity index (χ2n) is 4.38. The van der Waals surface area contributed by atoms with Gasteiger partial charge in [0.1, 0.15) is 0 Å². The lowest BCUT2D eigenvalue weighted by Gasteiger charge is -1.99. The van der Waals surface area contributed by atoms with Crippen molar-refractivity contribution in [3.8, 4) is 0 Å². The van der Waals surface area contributed by atoms with Gasteiger partial charge in [-0.25, -0.2) is 0 Å². The van der Waals surface area contributed by atoms with Crippen LogP contribution < -0.4 is 0 Å². The minimum Gasteiger partial charge on any atom is -0.343 e. The van der Waals surface area contributed by atoms with Crippen molar-refractivity contribution in [1.29, 1.82) is 0 Å². The van der Waals surface area contributed by atoms with Crippen LogP contribution in [0.5, 0.6) is 0 Å². The molecule has 0 aliphatic carbocycles. The Morgan fingerprint density at radius 2 is 1.27 bits per heavy atom. The van der Waals surface area contributed by atoms with Gasteiger partial charge >= 0.3 is 0 Å². The normalized spacial score (nSPS) is 11.3. The summed E-state index contributed by atoms with van der Waals surface area (Å²) < 4.78 is 0. The second kappa shape index (κ2) is 13.7. The van der Waals surface area contributed by atoms with Gasteiger partial charge in [0.05, 0.1) is 0 Å². The van der Waals surface area contributed by atoms with E-state index in [1.54, 1.807) is 0 Å². The van der Waals surface area contributed by atoms with Gasteiger partial charge in [0, 0.05) is 0 Å². The van der Waals surface area contributed by atoms with Crippen LogP contribution in [0.4, 0.5) is 0 Å². The maximum Gasteiger partial charge on any atom is -0.0351 e. The van der Waals surface area contributed by atoms with E-state index in [9.17, 15) is 0 Å². The molecule has 0 saturated heterocycles. The summed E-state index contributed by atoms with van der Waals surface area (Å²) in [7, 11) is 0. The average molecular weight is 209 g/mol. The number of hydrogen-bond donors (Lipinski definition) is 0. The lowest BCUT2D eigenvalue weighted by molar-refractivity contribution is 0.592. The first-order valence-corrected chi connectivity index (χ1v) is 6.86. The molecular formula is C15H29-. The molecule has 90 valence electrons. The Morgan fingerprint density at radius 1 is 0.733 bits per heavy atom. The minimum absolute atomic E-state index is 1.07. The molecule has 0 saturated carbocycles. The van der Waals surface area contributed by atoms with Gasteiger partial charge in [-0.05, 0) is 19.3 Å². The third-order valence-corrected chi connectivity index (χ3v) is 2.76. The van der Waals surface area contributed by atoms with E-state index in [0.717, 1.165) is 6.42 Å². The van der Waals surface area contributed by atoms with E-state index in [-0.39, 0.29) is 0 Å². The van der Waals surface area contributed by atoms with Crippen molar-refractivity contribution in [3.05, 3.63) is 19.1 Å². The summed E-state index contributed by atoms with van der Waals surface area (Å²) in [6.07, 6.45) is 19.4. The Balaban J connectivity index is 2.95. The highest BCUT2D eigenvalue weighted by atomic mass is 14.0. The molecule has 0 aromatic rings. The van der Waals surface area contributed by atoms with Crippen molar-refractivity contribution in [2.24, 2.45) is 0 Å². The largest absolute Gasteiger partial charge is 0.343 e. The molecular weight excluding hydrogens is 180 g/mol. The van der Waals surface area contributed by atoms with E-state index in [2.05, 4.69) is 26.0 Å². The van der Waals surface area contributed by atoms with Gasteiger partial charge in [0.25, 0.3) is 0 Å². The zero-order valence-electron chi connectivity index (χ0n) is 10.6. The Labute approximate surface area is 97.2 Å². The number of hydrogen-bond acceptors (Lipinski definition) is 0. The maximum absolute atomic E-state index is 3.83. The first-order valence-electron chi connectivity index (χ1n) is 6.86. The molecule has 15 heavy (non-hydrogen) atoms. The van der Waals surface area contributed by atoms with E-state index in [1.165, 1.54) is 64.2 Å². The summed E-state index contributed by atoms with van der Waals surface area (Å²) in [4.78, 5) is 0. The van der Waals surface area contributed by atoms with Crippen LogP contribution in [0.3, 0.4) is 0 Å². The highest BCUT2D eigenvalue weighted by Gasteiger charge is 1.88. The van der Waals surface area contributed by atoms with Crippen LogP contribution >= 0.6 is 0 Å². The average Bonchev–Trinajstić information content (AvgIpc) is 2.26. The molecule has 0 aliphatic heterocycles. The standard InChI is InChI=1S/C15H29/c1-3-5-7-9-11-13-15-14-12-10-8-6-4-2/h9,11H,1,3-8,10,12-15H2,2H3/q-1/b11-9+. The smallest absolute Gasteiger partial charge is 0.0351 e. The zero-order chi connectivity index (χ0) is 11.2. The molecule has 0 rings (SSSR count). The van der Waals surface area contributed by atoms with Crippen LogP contribution in [0.15, 0.2) is 12.2 Å². The van der Waals surface area contributed by atoms with Crippen molar-refractivity contribution in [1.82, 2.24) is 0 Å². The van der Waals surface area contributed by atoms with Gasteiger partial charge < -0.3 is 6.92 Å². The molecule has 0 spiro atoms. The first-order chi connectivity index (χ1) is 7.41. The summed E-state index contributed by atoms with van der Waals surface area (Å²) in [6.45, 7) is 6.11. The second-order valence-corrected chi connectivity index (χ2v) is 4.38. The fourth-order valence-corrected chi connectivity index (χ4v) is 1.72. The third-order valence-electron chi connectivity index (χ3n) is 2.76.